The zero-order chi connectivity index (χ0) is 30.5. The average Bonchev–Trinajstić information content (AvgIpc) is 2.96. The largest absolute Gasteiger partial charge is 0.460 e. The first kappa shape index (κ1) is 30.7. The second-order valence-corrected chi connectivity index (χ2v) is 12.8. The molecule has 0 N–H and O–H groups in total. The van der Waals surface area contributed by atoms with Crippen LogP contribution < -0.4 is 4.57 Å². The number of aromatic nitrogens is 1. The first-order valence-electron chi connectivity index (χ1n) is 15.4. The highest BCUT2D eigenvalue weighted by atomic mass is 16.7. The Morgan fingerprint density at radius 2 is 1.26 bits per heavy atom. The second-order valence-electron chi connectivity index (χ2n) is 12.8. The normalized spacial score (nSPS) is 18.3. The molecular formula is C38H44NO4+. The van der Waals surface area contributed by atoms with Gasteiger partial charge in [-0.15, -0.1) is 0 Å². The minimum Gasteiger partial charge on any atom is -0.460 e. The number of benzene rings is 3. The van der Waals surface area contributed by atoms with Crippen molar-refractivity contribution >= 4 is 5.97 Å². The molecule has 5 rings (SSSR count). The Bertz CT molecular complexity index is 1430. The summed E-state index contributed by atoms with van der Waals surface area (Å²) in [6, 6.07) is 36.4. The lowest BCUT2D eigenvalue weighted by Gasteiger charge is -2.40. The summed E-state index contributed by atoms with van der Waals surface area (Å²) >= 11 is 0. The van der Waals surface area contributed by atoms with Crippen molar-refractivity contribution in [3.8, 4) is 33.6 Å². The molecule has 2 heterocycles. The quantitative estimate of drug-likeness (QED) is 0.148. The maximum absolute atomic E-state index is 12.6. The van der Waals surface area contributed by atoms with Gasteiger partial charge in [-0.1, -0.05) is 66.7 Å². The van der Waals surface area contributed by atoms with Gasteiger partial charge in [-0.05, 0) is 76.4 Å². The van der Waals surface area contributed by atoms with Crippen LogP contribution in [0.5, 0.6) is 0 Å². The molecule has 0 aliphatic carbocycles. The van der Waals surface area contributed by atoms with Gasteiger partial charge in [-0.2, -0.15) is 4.57 Å². The summed E-state index contributed by atoms with van der Waals surface area (Å²) in [5.41, 5.74) is 6.58. The van der Waals surface area contributed by atoms with Gasteiger partial charge in [0.05, 0.1) is 18.6 Å². The van der Waals surface area contributed by atoms with Gasteiger partial charge in [0.2, 0.25) is 11.4 Å². The number of hydrogen-bond acceptors (Lipinski definition) is 4. The number of carbonyl (C=O) groups is 1. The first-order chi connectivity index (χ1) is 20.6. The van der Waals surface area contributed by atoms with Gasteiger partial charge in [0, 0.05) is 36.1 Å². The monoisotopic (exact) mass is 578 g/mol. The fourth-order valence-electron chi connectivity index (χ4n) is 5.92. The van der Waals surface area contributed by atoms with Crippen molar-refractivity contribution in [1.82, 2.24) is 0 Å². The Labute approximate surface area is 256 Å². The van der Waals surface area contributed by atoms with E-state index in [9.17, 15) is 4.79 Å². The molecule has 0 radical (unpaired) electrons. The third-order valence-electron chi connectivity index (χ3n) is 7.56. The van der Waals surface area contributed by atoms with E-state index in [-0.39, 0.29) is 24.6 Å². The van der Waals surface area contributed by atoms with Crippen molar-refractivity contribution in [1.29, 1.82) is 0 Å². The van der Waals surface area contributed by atoms with E-state index in [1.165, 1.54) is 33.6 Å². The molecule has 1 aromatic heterocycles. The third-order valence-corrected chi connectivity index (χ3v) is 7.56. The molecule has 1 saturated heterocycles. The summed E-state index contributed by atoms with van der Waals surface area (Å²) in [6.45, 7) is 10.3. The molecule has 0 saturated carbocycles. The molecule has 43 heavy (non-hydrogen) atoms. The number of esters is 1. The Morgan fingerprint density at radius 3 is 1.77 bits per heavy atom. The lowest BCUT2D eigenvalue weighted by molar-refractivity contribution is -0.676. The van der Waals surface area contributed by atoms with Crippen LogP contribution in [0.1, 0.15) is 60.3 Å². The molecule has 4 aromatic rings. The molecule has 1 aliphatic rings. The van der Waals surface area contributed by atoms with Gasteiger partial charge >= 0.3 is 5.97 Å². The third kappa shape index (κ3) is 8.40. The van der Waals surface area contributed by atoms with Crippen LogP contribution in [0.3, 0.4) is 0 Å². The van der Waals surface area contributed by atoms with E-state index in [0.717, 1.165) is 19.4 Å². The zero-order valence-corrected chi connectivity index (χ0v) is 26.1. The lowest BCUT2D eigenvalue weighted by Crippen LogP contribution is -2.46. The van der Waals surface area contributed by atoms with Crippen molar-refractivity contribution in [3.63, 3.8) is 0 Å². The summed E-state index contributed by atoms with van der Waals surface area (Å²) < 4.78 is 20.5. The summed E-state index contributed by atoms with van der Waals surface area (Å²) in [5, 5.41) is 0. The van der Waals surface area contributed by atoms with Crippen LogP contribution in [0, 0.1) is 0 Å². The van der Waals surface area contributed by atoms with E-state index in [0.29, 0.717) is 6.42 Å². The van der Waals surface area contributed by atoms with Crippen LogP contribution in [-0.2, 0) is 25.5 Å². The van der Waals surface area contributed by atoms with E-state index in [1.54, 1.807) is 0 Å². The van der Waals surface area contributed by atoms with E-state index in [1.807, 2.05) is 34.6 Å². The molecule has 0 amide bonds. The van der Waals surface area contributed by atoms with Crippen molar-refractivity contribution in [2.75, 3.05) is 0 Å². The average molecular weight is 579 g/mol. The maximum Gasteiger partial charge on any atom is 0.308 e. The Balaban J connectivity index is 1.42. The number of rotatable bonds is 9. The van der Waals surface area contributed by atoms with Crippen LogP contribution in [0.2, 0.25) is 0 Å². The summed E-state index contributed by atoms with van der Waals surface area (Å²) in [4.78, 5) is 12.6. The lowest BCUT2D eigenvalue weighted by atomic mass is 9.98. The Hall–Kier alpha value is -3.80. The predicted molar refractivity (Wildman–Crippen MR) is 171 cm³/mol. The zero-order valence-electron chi connectivity index (χ0n) is 26.1. The molecule has 1 fully saturated rings. The minimum atomic E-state index is -0.759. The fraction of sp³-hybridized carbons (Fsp3) is 0.368. The highest BCUT2D eigenvalue weighted by Gasteiger charge is 2.37. The number of hydrogen-bond donors (Lipinski definition) is 0. The van der Waals surface area contributed by atoms with E-state index in [4.69, 9.17) is 14.2 Å². The van der Waals surface area contributed by atoms with Crippen LogP contribution in [0.15, 0.2) is 103 Å². The highest BCUT2D eigenvalue weighted by molar-refractivity contribution is 5.73. The summed E-state index contributed by atoms with van der Waals surface area (Å²) in [7, 11) is 0. The van der Waals surface area contributed by atoms with E-state index < -0.39 is 11.4 Å². The van der Waals surface area contributed by atoms with Crippen LogP contribution in [0.4, 0.5) is 0 Å². The number of nitrogens with zero attached hydrogens (tertiary/aromatic N) is 1. The molecule has 5 nitrogen and oxygen atoms in total. The van der Waals surface area contributed by atoms with Crippen molar-refractivity contribution in [2.24, 2.45) is 0 Å². The predicted octanol–water partition coefficient (Wildman–Crippen LogP) is 8.40. The standard InChI is InChI=1S/C38H44NO4/c1-37(2,3)43-36(40)27-33-26-32(41-38(4,5)42-33)22-15-23-39-34(29-18-11-7-12-19-29)24-31(28-16-9-6-10-17-28)25-35(39)30-20-13-8-14-21-30/h6-14,16-21,24-25,32-33H,15,22-23,26-27H2,1-5H3/q+1/t32-,33-/m1/s1. The maximum atomic E-state index is 12.6. The number of ether oxygens (including phenoxy) is 3. The van der Waals surface area contributed by atoms with Crippen LogP contribution in [0.25, 0.3) is 33.6 Å². The van der Waals surface area contributed by atoms with Crippen LogP contribution >= 0.6 is 0 Å². The van der Waals surface area contributed by atoms with Gasteiger partial charge in [0.15, 0.2) is 5.79 Å². The number of pyridine rings is 1. The Morgan fingerprint density at radius 1 is 0.767 bits per heavy atom. The molecule has 5 heteroatoms. The molecule has 1 aliphatic heterocycles. The smallest absolute Gasteiger partial charge is 0.308 e. The van der Waals surface area contributed by atoms with Crippen LogP contribution in [-0.4, -0.2) is 29.6 Å². The van der Waals surface area contributed by atoms with Crippen molar-refractivity contribution in [3.05, 3.63) is 103 Å². The molecule has 0 spiro atoms. The molecule has 0 bridgehead atoms. The Kier molecular flexibility index (Phi) is 9.43. The summed E-state index contributed by atoms with van der Waals surface area (Å²) in [6.07, 6.45) is 2.41. The van der Waals surface area contributed by atoms with Gasteiger partial charge in [0.25, 0.3) is 0 Å². The highest BCUT2D eigenvalue weighted by Crippen LogP contribution is 2.32. The van der Waals surface area contributed by atoms with Gasteiger partial charge in [-0.3, -0.25) is 4.79 Å². The second kappa shape index (κ2) is 13.2. The first-order valence-corrected chi connectivity index (χ1v) is 15.4. The van der Waals surface area contributed by atoms with Crippen molar-refractivity contribution in [2.45, 2.75) is 90.4 Å². The molecular weight excluding hydrogens is 534 g/mol. The van der Waals surface area contributed by atoms with Crippen molar-refractivity contribution < 1.29 is 23.6 Å². The molecule has 224 valence electrons. The molecule has 3 aromatic carbocycles. The van der Waals surface area contributed by atoms with E-state index >= 15 is 0 Å². The van der Waals surface area contributed by atoms with Gasteiger partial charge in [-0.25, -0.2) is 0 Å². The molecule has 0 unspecified atom stereocenters. The van der Waals surface area contributed by atoms with Gasteiger partial charge < -0.3 is 14.2 Å². The van der Waals surface area contributed by atoms with Gasteiger partial charge in [0.1, 0.15) is 12.1 Å². The van der Waals surface area contributed by atoms with E-state index in [2.05, 4.69) is 108 Å². The number of carbonyl (C=O) groups excluding carboxylic acids is 1. The minimum absolute atomic E-state index is 0.0132. The SMILES string of the molecule is CC(C)(C)OC(=O)C[C@H]1C[C@@H](CCC[n+]2c(-c3ccccc3)cc(-c3ccccc3)cc2-c2ccccc2)OC(C)(C)O1. The summed E-state index contributed by atoms with van der Waals surface area (Å²) in [5.74, 6) is -0.993. The fourth-order valence-corrected chi connectivity index (χ4v) is 5.92. The topological polar surface area (TPSA) is 48.6 Å². The molecule has 2 atom stereocenters.